The summed E-state index contributed by atoms with van der Waals surface area (Å²) < 4.78 is 5.43. The van der Waals surface area contributed by atoms with Gasteiger partial charge in [0, 0.05) is 17.3 Å². The van der Waals surface area contributed by atoms with Crippen molar-refractivity contribution < 1.29 is 14.6 Å². The monoisotopic (exact) mass is 244 g/mol. The van der Waals surface area contributed by atoms with Crippen LogP contribution < -0.4 is 0 Å². The van der Waals surface area contributed by atoms with E-state index in [0.717, 1.165) is 25.0 Å². The fourth-order valence-electron chi connectivity index (χ4n) is 3.39. The third-order valence-electron chi connectivity index (χ3n) is 4.22. The molecule has 2 aliphatic rings. The first-order valence-electron chi connectivity index (χ1n) is 5.83. The Labute approximate surface area is 101 Å². The van der Waals surface area contributed by atoms with Crippen molar-refractivity contribution in [1.82, 2.24) is 0 Å². The van der Waals surface area contributed by atoms with Crippen LogP contribution in [-0.2, 0) is 9.53 Å². The second-order valence-electron chi connectivity index (χ2n) is 5.48. The number of carboxylic acids is 1. The molecule has 2 unspecified atom stereocenters. The zero-order valence-corrected chi connectivity index (χ0v) is 11.0. The van der Waals surface area contributed by atoms with E-state index in [4.69, 9.17) is 4.74 Å². The lowest BCUT2D eigenvalue weighted by Gasteiger charge is -2.36. The SMILES string of the molecule is COC(C(=O)O)C1(C2CCSC2(C)C)CC1. The second-order valence-corrected chi connectivity index (χ2v) is 7.23. The van der Waals surface area contributed by atoms with Crippen LogP contribution in [0.15, 0.2) is 0 Å². The van der Waals surface area contributed by atoms with Crippen molar-refractivity contribution in [2.75, 3.05) is 12.9 Å². The number of rotatable bonds is 4. The molecule has 1 saturated heterocycles. The molecule has 0 radical (unpaired) electrons. The third kappa shape index (κ3) is 1.76. The molecule has 0 bridgehead atoms. The predicted octanol–water partition coefficient (Wildman–Crippen LogP) is 2.40. The zero-order valence-electron chi connectivity index (χ0n) is 10.2. The van der Waals surface area contributed by atoms with E-state index in [1.54, 1.807) is 0 Å². The van der Waals surface area contributed by atoms with Gasteiger partial charge >= 0.3 is 5.97 Å². The van der Waals surface area contributed by atoms with Gasteiger partial charge in [-0.15, -0.1) is 0 Å². The summed E-state index contributed by atoms with van der Waals surface area (Å²) in [6, 6.07) is 0. The maximum atomic E-state index is 11.3. The molecule has 2 atom stereocenters. The molecule has 2 rings (SSSR count). The minimum absolute atomic E-state index is 0.0897. The Kier molecular flexibility index (Phi) is 2.99. The molecule has 0 aromatic heterocycles. The van der Waals surface area contributed by atoms with E-state index in [0.29, 0.717) is 5.92 Å². The number of carbonyl (C=O) groups is 1. The van der Waals surface area contributed by atoms with Gasteiger partial charge < -0.3 is 9.84 Å². The third-order valence-corrected chi connectivity index (χ3v) is 5.69. The quantitative estimate of drug-likeness (QED) is 0.825. The summed E-state index contributed by atoms with van der Waals surface area (Å²) in [6.07, 6.45) is 2.53. The van der Waals surface area contributed by atoms with Crippen molar-refractivity contribution in [2.24, 2.45) is 11.3 Å². The summed E-state index contributed by atoms with van der Waals surface area (Å²) in [4.78, 5) is 11.3. The van der Waals surface area contributed by atoms with Gasteiger partial charge in [-0.05, 0) is 30.9 Å². The van der Waals surface area contributed by atoms with Gasteiger partial charge in [-0.2, -0.15) is 11.8 Å². The van der Waals surface area contributed by atoms with E-state index in [9.17, 15) is 9.90 Å². The number of methoxy groups -OCH3 is 1. The molecule has 1 N–H and O–H groups in total. The standard InChI is InChI=1S/C12H20O3S/c1-11(2)8(4-7-16-11)12(5-6-12)9(15-3)10(13)14/h8-9H,4-7H2,1-3H3,(H,13,14). The Balaban J connectivity index is 2.22. The van der Waals surface area contributed by atoms with Crippen molar-refractivity contribution in [1.29, 1.82) is 0 Å². The smallest absolute Gasteiger partial charge is 0.333 e. The molecule has 1 saturated carbocycles. The van der Waals surface area contributed by atoms with E-state index in [1.807, 2.05) is 11.8 Å². The van der Waals surface area contributed by atoms with E-state index in [-0.39, 0.29) is 10.2 Å². The highest BCUT2D eigenvalue weighted by atomic mass is 32.2. The Bertz CT molecular complexity index is 297. The molecule has 0 aromatic rings. The summed E-state index contributed by atoms with van der Waals surface area (Å²) in [6.45, 7) is 4.48. The second kappa shape index (κ2) is 3.91. The van der Waals surface area contributed by atoms with Gasteiger partial charge in [0.05, 0.1) is 0 Å². The molecule has 3 nitrogen and oxygen atoms in total. The van der Waals surface area contributed by atoms with Crippen LogP contribution in [0, 0.1) is 11.3 Å². The zero-order chi connectivity index (χ0) is 12.0. The molecule has 4 heteroatoms. The lowest BCUT2D eigenvalue weighted by Crippen LogP contribution is -2.43. The number of thioether (sulfide) groups is 1. The topological polar surface area (TPSA) is 46.5 Å². The normalized spacial score (nSPS) is 32.3. The molecule has 1 aliphatic heterocycles. The molecule has 2 fully saturated rings. The molecular formula is C12H20O3S. The van der Waals surface area contributed by atoms with Crippen LogP contribution in [0.4, 0.5) is 0 Å². The van der Waals surface area contributed by atoms with E-state index in [2.05, 4.69) is 13.8 Å². The maximum absolute atomic E-state index is 11.3. The number of carboxylic acid groups (broad SMARTS) is 1. The fraction of sp³-hybridized carbons (Fsp3) is 0.917. The van der Waals surface area contributed by atoms with Crippen LogP contribution in [0.1, 0.15) is 33.1 Å². The lowest BCUT2D eigenvalue weighted by molar-refractivity contribution is -0.155. The first kappa shape index (κ1) is 12.2. The van der Waals surface area contributed by atoms with Crippen LogP contribution in [0.5, 0.6) is 0 Å². The molecule has 1 aliphatic carbocycles. The number of hydrogen-bond acceptors (Lipinski definition) is 3. The average Bonchev–Trinajstić information content (AvgIpc) is 2.86. The van der Waals surface area contributed by atoms with Crippen molar-refractivity contribution >= 4 is 17.7 Å². The van der Waals surface area contributed by atoms with Crippen molar-refractivity contribution in [2.45, 2.75) is 44.0 Å². The summed E-state index contributed by atoms with van der Waals surface area (Å²) in [5.41, 5.74) is -0.0897. The number of aliphatic carboxylic acids is 1. The van der Waals surface area contributed by atoms with Crippen molar-refractivity contribution in [3.05, 3.63) is 0 Å². The molecular weight excluding hydrogens is 224 g/mol. The summed E-state index contributed by atoms with van der Waals surface area (Å²) in [5.74, 6) is 0.828. The first-order valence-corrected chi connectivity index (χ1v) is 6.82. The Morgan fingerprint density at radius 2 is 2.12 bits per heavy atom. The molecule has 16 heavy (non-hydrogen) atoms. The van der Waals surface area contributed by atoms with Gasteiger partial charge in [-0.25, -0.2) is 4.79 Å². The highest BCUT2D eigenvalue weighted by molar-refractivity contribution is 8.00. The van der Waals surface area contributed by atoms with Gasteiger partial charge in [-0.1, -0.05) is 13.8 Å². The first-order chi connectivity index (χ1) is 7.44. The van der Waals surface area contributed by atoms with Gasteiger partial charge in [0.25, 0.3) is 0 Å². The van der Waals surface area contributed by atoms with Crippen LogP contribution in [0.2, 0.25) is 0 Å². The predicted molar refractivity (Wildman–Crippen MR) is 64.7 cm³/mol. The molecule has 0 aromatic carbocycles. The fourth-order valence-corrected chi connectivity index (χ4v) is 4.82. The maximum Gasteiger partial charge on any atom is 0.333 e. The largest absolute Gasteiger partial charge is 0.479 e. The van der Waals surface area contributed by atoms with Gasteiger partial charge in [0.2, 0.25) is 0 Å². The molecule has 92 valence electrons. The molecule has 1 heterocycles. The Hall–Kier alpha value is -0.220. The summed E-state index contributed by atoms with van der Waals surface area (Å²) in [7, 11) is 1.52. The van der Waals surface area contributed by atoms with Crippen molar-refractivity contribution in [3.63, 3.8) is 0 Å². The number of ether oxygens (including phenoxy) is 1. The summed E-state index contributed by atoms with van der Waals surface area (Å²) >= 11 is 1.97. The van der Waals surface area contributed by atoms with Gasteiger partial charge in [-0.3, -0.25) is 0 Å². The highest BCUT2D eigenvalue weighted by Crippen LogP contribution is 2.64. The minimum atomic E-state index is -0.798. The molecule has 0 spiro atoms. The minimum Gasteiger partial charge on any atom is -0.479 e. The highest BCUT2D eigenvalue weighted by Gasteiger charge is 2.62. The Morgan fingerprint density at radius 3 is 2.44 bits per heavy atom. The van der Waals surface area contributed by atoms with Crippen LogP contribution >= 0.6 is 11.8 Å². The Morgan fingerprint density at radius 1 is 1.50 bits per heavy atom. The average molecular weight is 244 g/mol. The summed E-state index contributed by atoms with van der Waals surface area (Å²) in [5, 5.41) is 9.25. The molecule has 0 amide bonds. The van der Waals surface area contributed by atoms with Gasteiger partial charge in [0.1, 0.15) is 0 Å². The lowest BCUT2D eigenvalue weighted by atomic mass is 9.75. The van der Waals surface area contributed by atoms with Gasteiger partial charge in [0.15, 0.2) is 6.10 Å². The van der Waals surface area contributed by atoms with Crippen molar-refractivity contribution in [3.8, 4) is 0 Å². The number of hydrogen-bond donors (Lipinski definition) is 1. The van der Waals surface area contributed by atoms with Crippen LogP contribution in [0.3, 0.4) is 0 Å². The van der Waals surface area contributed by atoms with E-state index in [1.165, 1.54) is 7.11 Å². The van der Waals surface area contributed by atoms with Crippen LogP contribution in [0.25, 0.3) is 0 Å². The van der Waals surface area contributed by atoms with E-state index >= 15 is 0 Å². The van der Waals surface area contributed by atoms with Crippen LogP contribution in [-0.4, -0.2) is 34.8 Å². The van der Waals surface area contributed by atoms with E-state index < -0.39 is 12.1 Å².